The summed E-state index contributed by atoms with van der Waals surface area (Å²) in [6, 6.07) is 34.2. The normalized spacial score (nSPS) is 12.2. The average molecular weight is 416 g/mol. The second-order valence-electron chi connectivity index (χ2n) is 7.60. The van der Waals surface area contributed by atoms with E-state index >= 15 is 0 Å². The van der Waals surface area contributed by atoms with Gasteiger partial charge in [0, 0.05) is 5.41 Å². The van der Waals surface area contributed by atoms with Crippen LogP contribution in [0.25, 0.3) is 0 Å². The first-order valence-corrected chi connectivity index (χ1v) is 10.1. The molecule has 0 heterocycles. The lowest BCUT2D eigenvalue weighted by Gasteiger charge is -2.32. The number of rotatable bonds is 5. The number of nitrogens with zero attached hydrogens (tertiary/aromatic N) is 2. The summed E-state index contributed by atoms with van der Waals surface area (Å²) in [4.78, 5) is 0. The maximum atomic E-state index is 9.76. The second-order valence-corrected chi connectivity index (χ2v) is 7.60. The summed E-state index contributed by atoms with van der Waals surface area (Å²) < 4.78 is 5.92. The molecule has 0 aromatic heterocycles. The first-order valence-electron chi connectivity index (χ1n) is 10.1. The molecule has 1 atom stereocenters. The average Bonchev–Trinajstić information content (AvgIpc) is 2.85. The summed E-state index contributed by atoms with van der Waals surface area (Å²) in [5, 5.41) is 28.1. The largest absolute Gasteiger partial charge is 0.508 e. The van der Waals surface area contributed by atoms with Crippen molar-refractivity contribution >= 4 is 0 Å². The highest BCUT2D eigenvalue weighted by atomic mass is 16.5. The summed E-state index contributed by atoms with van der Waals surface area (Å²) in [6.45, 7) is 2.16. The van der Waals surface area contributed by atoms with Gasteiger partial charge in [-0.2, -0.15) is 10.5 Å². The van der Waals surface area contributed by atoms with Crippen molar-refractivity contribution in [1.29, 1.82) is 10.5 Å². The van der Waals surface area contributed by atoms with Crippen molar-refractivity contribution in [2.45, 2.75) is 12.3 Å². The number of benzene rings is 4. The first-order chi connectivity index (χ1) is 15.5. The summed E-state index contributed by atoms with van der Waals surface area (Å²) in [5.74, 6) is 1.35. The molecule has 0 spiro atoms. The van der Waals surface area contributed by atoms with Gasteiger partial charge in [-0.3, -0.25) is 0 Å². The van der Waals surface area contributed by atoms with Crippen LogP contribution in [0.1, 0.15) is 34.7 Å². The van der Waals surface area contributed by atoms with Gasteiger partial charge in [0.25, 0.3) is 0 Å². The number of ether oxygens (including phenoxy) is 1. The number of phenolic OH excluding ortho intramolecular Hbond substituents is 1. The van der Waals surface area contributed by atoms with Crippen LogP contribution in [0, 0.1) is 22.7 Å². The van der Waals surface area contributed by atoms with E-state index in [9.17, 15) is 10.4 Å². The maximum Gasteiger partial charge on any atom is 0.128 e. The van der Waals surface area contributed by atoms with E-state index in [0.717, 1.165) is 16.7 Å². The van der Waals surface area contributed by atoms with Gasteiger partial charge in [0.15, 0.2) is 0 Å². The van der Waals surface area contributed by atoms with Crippen LogP contribution in [-0.4, -0.2) is 5.11 Å². The highest BCUT2D eigenvalue weighted by Crippen LogP contribution is 2.40. The van der Waals surface area contributed by atoms with E-state index in [0.29, 0.717) is 17.1 Å². The molecule has 0 amide bonds. The topological polar surface area (TPSA) is 77.0 Å². The number of nitriles is 2. The molecule has 1 unspecified atom stereocenters. The Bertz CT molecular complexity index is 1320. The minimum absolute atomic E-state index is 0.229. The predicted molar refractivity (Wildman–Crippen MR) is 122 cm³/mol. The Labute approximate surface area is 187 Å². The molecule has 4 heteroatoms. The van der Waals surface area contributed by atoms with Gasteiger partial charge in [0.05, 0.1) is 11.1 Å². The minimum Gasteiger partial charge on any atom is -0.508 e. The molecule has 0 saturated heterocycles. The van der Waals surface area contributed by atoms with Gasteiger partial charge in [-0.05, 0) is 66.1 Å². The molecule has 0 bridgehead atoms. The predicted octanol–water partition coefficient (Wildman–Crippen LogP) is 6.28. The molecule has 0 aliphatic carbocycles. The van der Waals surface area contributed by atoms with E-state index in [-0.39, 0.29) is 11.3 Å². The fraction of sp³-hybridized carbons (Fsp3) is 0.0714. The summed E-state index contributed by atoms with van der Waals surface area (Å²) in [7, 11) is 0. The van der Waals surface area contributed by atoms with E-state index in [4.69, 9.17) is 10.00 Å². The van der Waals surface area contributed by atoms with Crippen molar-refractivity contribution in [3.8, 4) is 29.4 Å². The number of aromatic hydroxyl groups is 1. The van der Waals surface area contributed by atoms with Crippen LogP contribution >= 0.6 is 0 Å². The molecule has 0 radical (unpaired) electrons. The van der Waals surface area contributed by atoms with Crippen LogP contribution < -0.4 is 4.74 Å². The van der Waals surface area contributed by atoms with Crippen LogP contribution in [0.5, 0.6) is 17.2 Å². The van der Waals surface area contributed by atoms with E-state index < -0.39 is 5.41 Å². The van der Waals surface area contributed by atoms with Gasteiger partial charge in [0.2, 0.25) is 0 Å². The van der Waals surface area contributed by atoms with Crippen LogP contribution in [0.3, 0.4) is 0 Å². The van der Waals surface area contributed by atoms with E-state index in [1.165, 1.54) is 0 Å². The molecule has 4 aromatic rings. The molecule has 154 valence electrons. The van der Waals surface area contributed by atoms with E-state index in [1.54, 1.807) is 30.3 Å². The molecule has 1 N–H and O–H groups in total. The van der Waals surface area contributed by atoms with Gasteiger partial charge in [-0.15, -0.1) is 0 Å². The molecule has 0 aliphatic heterocycles. The Morgan fingerprint density at radius 3 is 1.78 bits per heavy atom. The van der Waals surface area contributed by atoms with Gasteiger partial charge in [-0.1, -0.05) is 54.6 Å². The molecule has 4 rings (SSSR count). The first kappa shape index (κ1) is 20.7. The maximum absolute atomic E-state index is 9.76. The fourth-order valence-corrected chi connectivity index (χ4v) is 3.84. The van der Waals surface area contributed by atoms with Crippen molar-refractivity contribution < 1.29 is 9.84 Å². The second kappa shape index (κ2) is 8.68. The molecule has 0 saturated carbocycles. The van der Waals surface area contributed by atoms with Gasteiger partial charge in [0.1, 0.15) is 29.4 Å². The summed E-state index contributed by atoms with van der Waals surface area (Å²) in [6.07, 6.45) is 0. The molecular weight excluding hydrogens is 396 g/mol. The lowest BCUT2D eigenvalue weighted by molar-refractivity contribution is 0.474. The highest BCUT2D eigenvalue weighted by Gasteiger charge is 2.31. The van der Waals surface area contributed by atoms with Crippen molar-refractivity contribution in [3.05, 3.63) is 125 Å². The Morgan fingerprint density at radius 1 is 0.656 bits per heavy atom. The van der Waals surface area contributed by atoms with E-state index in [2.05, 4.69) is 19.1 Å². The van der Waals surface area contributed by atoms with Crippen molar-refractivity contribution in [3.63, 3.8) is 0 Å². The molecule has 0 aliphatic rings. The van der Waals surface area contributed by atoms with E-state index in [1.807, 2.05) is 66.7 Å². The highest BCUT2D eigenvalue weighted by molar-refractivity contribution is 5.52. The lowest BCUT2D eigenvalue weighted by Crippen LogP contribution is -2.25. The van der Waals surface area contributed by atoms with Crippen LogP contribution in [0.2, 0.25) is 0 Å². The summed E-state index contributed by atoms with van der Waals surface area (Å²) >= 11 is 0. The third-order valence-corrected chi connectivity index (χ3v) is 5.70. The molecular formula is C28H20N2O2. The van der Waals surface area contributed by atoms with Crippen LogP contribution in [0.15, 0.2) is 97.1 Å². The smallest absolute Gasteiger partial charge is 0.128 e. The minimum atomic E-state index is -0.435. The molecule has 4 nitrogen and oxygen atoms in total. The molecule has 4 aromatic carbocycles. The Balaban J connectivity index is 1.70. The lowest BCUT2D eigenvalue weighted by atomic mass is 9.71. The fourth-order valence-electron chi connectivity index (χ4n) is 3.84. The third kappa shape index (κ3) is 3.90. The van der Waals surface area contributed by atoms with Gasteiger partial charge >= 0.3 is 0 Å². The molecule has 0 fully saturated rings. The summed E-state index contributed by atoms with van der Waals surface area (Å²) in [5.41, 5.74) is 3.43. The SMILES string of the molecule is CC(c1ccccc1)(c1ccc(O)cc1)c1ccc(Oc2ccc(C#N)c(C#N)c2)cc1. The molecule has 32 heavy (non-hydrogen) atoms. The Hall–Kier alpha value is -4.54. The van der Waals surface area contributed by atoms with Gasteiger partial charge < -0.3 is 9.84 Å². The third-order valence-electron chi connectivity index (χ3n) is 5.70. The zero-order valence-corrected chi connectivity index (χ0v) is 17.5. The van der Waals surface area contributed by atoms with Gasteiger partial charge in [-0.25, -0.2) is 0 Å². The Morgan fingerprint density at radius 2 is 1.19 bits per heavy atom. The van der Waals surface area contributed by atoms with Crippen molar-refractivity contribution in [2.75, 3.05) is 0 Å². The zero-order chi connectivity index (χ0) is 22.6. The van der Waals surface area contributed by atoms with Crippen molar-refractivity contribution in [2.24, 2.45) is 0 Å². The Kier molecular flexibility index (Phi) is 5.62. The number of hydrogen-bond acceptors (Lipinski definition) is 4. The van der Waals surface area contributed by atoms with Crippen molar-refractivity contribution in [1.82, 2.24) is 0 Å². The standard InChI is InChI=1S/C28H20N2O2/c1-28(22-5-3-2-4-6-22,23-8-12-25(31)13-9-23)24-10-15-26(16-11-24)32-27-14-7-20(18-29)21(17-27)19-30/h2-17,31H,1H3. The number of phenols is 1. The zero-order valence-electron chi connectivity index (χ0n) is 17.5. The monoisotopic (exact) mass is 416 g/mol. The number of hydrogen-bond donors (Lipinski definition) is 1. The van der Waals surface area contributed by atoms with Crippen LogP contribution in [0.4, 0.5) is 0 Å². The van der Waals surface area contributed by atoms with Crippen LogP contribution in [-0.2, 0) is 5.41 Å². The quantitative estimate of drug-likeness (QED) is 0.388.